The molecule has 2 rings (SSSR count). The second-order valence-electron chi connectivity index (χ2n) is 4.25. The molecule has 0 aliphatic carbocycles. The Bertz CT molecular complexity index is 662. The second kappa shape index (κ2) is 5.30. The highest BCUT2D eigenvalue weighted by molar-refractivity contribution is 9.11. The molecule has 1 atom stereocenters. The third-order valence-electron chi connectivity index (χ3n) is 2.95. The quantitative estimate of drug-likeness (QED) is 0.329. The molecule has 8 heteroatoms. The molecule has 1 unspecified atom stereocenters. The standard InChI is InChI=1S/C12H8BrCl3N2O2/c1-5-12(13,11(20)18(2)17-5)10(19)6-3-8(15)9(16)4-7(6)14/h3-4H,1-2H3. The van der Waals surface area contributed by atoms with Gasteiger partial charge in [-0.1, -0.05) is 50.7 Å². The SMILES string of the molecule is CC1=NN(C)C(=O)C1(Br)C(=O)c1cc(Cl)c(Cl)cc1Cl. The van der Waals surface area contributed by atoms with Gasteiger partial charge in [-0.2, -0.15) is 5.10 Å². The Morgan fingerprint density at radius 2 is 1.80 bits per heavy atom. The number of halogens is 4. The van der Waals surface area contributed by atoms with E-state index in [2.05, 4.69) is 21.0 Å². The molecule has 1 aliphatic rings. The number of hydrogen-bond acceptors (Lipinski definition) is 3. The zero-order chi connectivity index (χ0) is 15.2. The summed E-state index contributed by atoms with van der Waals surface area (Å²) in [4.78, 5) is 24.8. The summed E-state index contributed by atoms with van der Waals surface area (Å²) in [6.07, 6.45) is 0. The van der Waals surface area contributed by atoms with E-state index in [1.807, 2.05) is 0 Å². The Morgan fingerprint density at radius 1 is 1.25 bits per heavy atom. The lowest BCUT2D eigenvalue weighted by atomic mass is 9.93. The minimum absolute atomic E-state index is 0.108. The van der Waals surface area contributed by atoms with Crippen molar-refractivity contribution in [3.05, 3.63) is 32.8 Å². The molecule has 1 amide bonds. The second-order valence-corrected chi connectivity index (χ2v) is 6.66. The van der Waals surface area contributed by atoms with Crippen LogP contribution in [0.1, 0.15) is 17.3 Å². The first-order chi connectivity index (χ1) is 9.19. The molecule has 4 nitrogen and oxygen atoms in total. The number of rotatable bonds is 2. The average molecular weight is 398 g/mol. The number of Topliss-reactive ketones (excluding diaryl/α,β-unsaturated/α-hetero) is 1. The number of benzene rings is 1. The summed E-state index contributed by atoms with van der Waals surface area (Å²) in [5.74, 6) is -1.01. The van der Waals surface area contributed by atoms with E-state index in [4.69, 9.17) is 34.8 Å². The Morgan fingerprint density at radius 3 is 2.30 bits per heavy atom. The zero-order valence-corrected chi connectivity index (χ0v) is 14.2. The Balaban J connectivity index is 2.55. The van der Waals surface area contributed by atoms with Crippen LogP contribution in [0.15, 0.2) is 17.2 Å². The Kier molecular flexibility index (Phi) is 4.17. The Hall–Kier alpha value is -0.620. The summed E-state index contributed by atoms with van der Waals surface area (Å²) in [5, 5.41) is 5.62. The number of carbonyl (C=O) groups excluding carboxylic acids is 2. The van der Waals surface area contributed by atoms with Crippen molar-refractivity contribution in [1.29, 1.82) is 0 Å². The number of carbonyl (C=O) groups is 2. The molecule has 0 radical (unpaired) electrons. The summed E-state index contributed by atoms with van der Waals surface area (Å²) < 4.78 is -1.55. The van der Waals surface area contributed by atoms with E-state index in [0.717, 1.165) is 5.01 Å². The van der Waals surface area contributed by atoms with Gasteiger partial charge in [0.1, 0.15) is 0 Å². The smallest absolute Gasteiger partial charge is 0.273 e. The van der Waals surface area contributed by atoms with Gasteiger partial charge in [-0.05, 0) is 19.1 Å². The number of ketones is 1. The van der Waals surface area contributed by atoms with Gasteiger partial charge in [-0.15, -0.1) is 0 Å². The molecule has 1 aromatic rings. The van der Waals surface area contributed by atoms with Gasteiger partial charge in [0, 0.05) is 12.6 Å². The normalized spacial score (nSPS) is 22.2. The number of hydrazone groups is 1. The van der Waals surface area contributed by atoms with Crippen molar-refractivity contribution in [3.63, 3.8) is 0 Å². The number of alkyl halides is 1. The van der Waals surface area contributed by atoms with Crippen LogP contribution in [0.2, 0.25) is 15.1 Å². The van der Waals surface area contributed by atoms with Crippen molar-refractivity contribution >= 4 is 68.1 Å². The van der Waals surface area contributed by atoms with Gasteiger partial charge in [0.15, 0.2) is 5.78 Å². The molecule has 0 fully saturated rings. The minimum Gasteiger partial charge on any atom is -0.291 e. The number of amides is 1. The summed E-state index contributed by atoms with van der Waals surface area (Å²) in [5.41, 5.74) is 0.438. The third kappa shape index (κ3) is 2.26. The lowest BCUT2D eigenvalue weighted by Crippen LogP contribution is -2.46. The van der Waals surface area contributed by atoms with Gasteiger partial charge in [0.2, 0.25) is 4.32 Å². The largest absolute Gasteiger partial charge is 0.291 e. The van der Waals surface area contributed by atoms with E-state index in [9.17, 15) is 9.59 Å². The molecule has 0 saturated carbocycles. The molecule has 1 aliphatic heterocycles. The maximum atomic E-state index is 12.7. The fourth-order valence-corrected chi connectivity index (χ4v) is 3.04. The van der Waals surface area contributed by atoms with E-state index in [1.54, 1.807) is 6.92 Å². The fourth-order valence-electron chi connectivity index (χ4n) is 1.86. The van der Waals surface area contributed by atoms with Crippen molar-refractivity contribution in [1.82, 2.24) is 5.01 Å². The highest BCUT2D eigenvalue weighted by Gasteiger charge is 2.52. The van der Waals surface area contributed by atoms with Crippen molar-refractivity contribution in [2.45, 2.75) is 11.2 Å². The van der Waals surface area contributed by atoms with E-state index in [1.165, 1.54) is 19.2 Å². The van der Waals surface area contributed by atoms with Crippen LogP contribution in [0.4, 0.5) is 0 Å². The van der Waals surface area contributed by atoms with Crippen LogP contribution in [0.3, 0.4) is 0 Å². The van der Waals surface area contributed by atoms with Crippen LogP contribution < -0.4 is 0 Å². The third-order valence-corrected chi connectivity index (χ3v) is 5.26. The molecular formula is C12H8BrCl3N2O2. The van der Waals surface area contributed by atoms with Gasteiger partial charge in [-0.25, -0.2) is 5.01 Å². The molecule has 1 aromatic carbocycles. The molecule has 0 bridgehead atoms. The van der Waals surface area contributed by atoms with Crippen LogP contribution in [-0.2, 0) is 4.79 Å². The molecule has 20 heavy (non-hydrogen) atoms. The highest BCUT2D eigenvalue weighted by atomic mass is 79.9. The Labute approximate surface area is 138 Å². The van der Waals surface area contributed by atoms with Gasteiger partial charge in [0.05, 0.1) is 20.8 Å². The summed E-state index contributed by atoms with van der Waals surface area (Å²) >= 11 is 20.9. The highest BCUT2D eigenvalue weighted by Crippen LogP contribution is 2.37. The van der Waals surface area contributed by atoms with Gasteiger partial charge in [0.25, 0.3) is 5.91 Å². The lowest BCUT2D eigenvalue weighted by Gasteiger charge is -2.20. The summed E-state index contributed by atoms with van der Waals surface area (Å²) in [6.45, 7) is 1.58. The maximum absolute atomic E-state index is 12.7. The maximum Gasteiger partial charge on any atom is 0.273 e. The summed E-state index contributed by atoms with van der Waals surface area (Å²) in [7, 11) is 1.47. The van der Waals surface area contributed by atoms with Crippen LogP contribution in [0, 0.1) is 0 Å². The molecule has 0 saturated heterocycles. The molecule has 106 valence electrons. The first kappa shape index (κ1) is 15.8. The molecule has 0 N–H and O–H groups in total. The van der Waals surface area contributed by atoms with E-state index in [0.29, 0.717) is 5.71 Å². The fraction of sp³-hybridized carbons (Fsp3) is 0.250. The molecule has 0 spiro atoms. The predicted octanol–water partition coefficient (Wildman–Crippen LogP) is 3.81. The van der Waals surface area contributed by atoms with Gasteiger partial charge in [-0.3, -0.25) is 9.59 Å². The lowest BCUT2D eigenvalue weighted by molar-refractivity contribution is -0.128. The van der Waals surface area contributed by atoms with Gasteiger partial charge >= 0.3 is 0 Å². The number of nitrogens with zero attached hydrogens (tertiary/aromatic N) is 2. The molecule has 0 aromatic heterocycles. The van der Waals surface area contributed by atoms with E-state index in [-0.39, 0.29) is 20.6 Å². The topological polar surface area (TPSA) is 49.7 Å². The summed E-state index contributed by atoms with van der Waals surface area (Å²) in [6, 6.07) is 2.71. The molecular weight excluding hydrogens is 390 g/mol. The van der Waals surface area contributed by atoms with Crippen molar-refractivity contribution in [2.24, 2.45) is 5.10 Å². The average Bonchev–Trinajstić information content (AvgIpc) is 2.58. The zero-order valence-electron chi connectivity index (χ0n) is 10.4. The van der Waals surface area contributed by atoms with Gasteiger partial charge < -0.3 is 0 Å². The first-order valence-corrected chi connectivity index (χ1v) is 7.34. The van der Waals surface area contributed by atoms with Crippen LogP contribution >= 0.6 is 50.7 Å². The predicted molar refractivity (Wildman–Crippen MR) is 83.3 cm³/mol. The minimum atomic E-state index is -1.55. The monoisotopic (exact) mass is 396 g/mol. The first-order valence-electron chi connectivity index (χ1n) is 5.41. The van der Waals surface area contributed by atoms with E-state index >= 15 is 0 Å². The van der Waals surface area contributed by atoms with Crippen molar-refractivity contribution < 1.29 is 9.59 Å². The van der Waals surface area contributed by atoms with Crippen LogP contribution in [-0.4, -0.2) is 33.8 Å². The van der Waals surface area contributed by atoms with E-state index < -0.39 is 16.0 Å². The van der Waals surface area contributed by atoms with Crippen LogP contribution in [0.5, 0.6) is 0 Å². The van der Waals surface area contributed by atoms with Crippen molar-refractivity contribution in [2.75, 3.05) is 7.05 Å². The molecule has 1 heterocycles. The number of hydrogen-bond donors (Lipinski definition) is 0. The van der Waals surface area contributed by atoms with Crippen LogP contribution in [0.25, 0.3) is 0 Å². The van der Waals surface area contributed by atoms with Crippen molar-refractivity contribution in [3.8, 4) is 0 Å².